The minimum absolute atomic E-state index is 0.124. The predicted octanol–water partition coefficient (Wildman–Crippen LogP) is 5.14. The van der Waals surface area contributed by atoms with Crippen molar-refractivity contribution >= 4 is 15.9 Å². The fraction of sp³-hybridized carbons (Fsp3) is 0.667. The Morgan fingerprint density at radius 3 is 2.48 bits per heavy atom. The number of aliphatic hydroxyl groups excluding tert-OH is 1. The van der Waals surface area contributed by atoms with Crippen LogP contribution in [0.25, 0.3) is 0 Å². The van der Waals surface area contributed by atoms with E-state index >= 15 is 0 Å². The van der Waals surface area contributed by atoms with Gasteiger partial charge in [0, 0.05) is 16.5 Å². The van der Waals surface area contributed by atoms with Gasteiger partial charge in [-0.1, -0.05) is 34.8 Å². The van der Waals surface area contributed by atoms with Crippen LogP contribution >= 0.6 is 15.9 Å². The second kappa shape index (κ2) is 4.99. The van der Waals surface area contributed by atoms with Gasteiger partial charge in [0.05, 0.1) is 6.10 Å². The number of fused-ring (bicyclic) bond motifs is 1. The van der Waals surface area contributed by atoms with Crippen molar-refractivity contribution in [3.8, 4) is 5.75 Å². The molecule has 4 rings (SSSR count). The third-order valence-electron chi connectivity index (χ3n) is 6.11. The van der Waals surface area contributed by atoms with Crippen LogP contribution in [0.5, 0.6) is 5.75 Å². The normalized spacial score (nSPS) is 29.3. The smallest absolute Gasteiger partial charge is 0.127 e. The van der Waals surface area contributed by atoms with Gasteiger partial charge in [-0.3, -0.25) is 0 Å². The molecular weight excluding hydrogens is 328 g/mol. The number of benzene rings is 1. The van der Waals surface area contributed by atoms with Gasteiger partial charge in [-0.15, -0.1) is 0 Å². The van der Waals surface area contributed by atoms with Gasteiger partial charge in [0.1, 0.15) is 11.4 Å². The molecule has 1 atom stereocenters. The minimum Gasteiger partial charge on any atom is -0.487 e. The molecule has 2 saturated carbocycles. The number of aliphatic hydroxyl groups is 1. The molecule has 2 spiro atoms. The highest BCUT2D eigenvalue weighted by Crippen LogP contribution is 2.55. The third-order valence-corrected chi connectivity index (χ3v) is 6.61. The van der Waals surface area contributed by atoms with Gasteiger partial charge >= 0.3 is 0 Å². The zero-order valence-electron chi connectivity index (χ0n) is 12.4. The molecule has 21 heavy (non-hydrogen) atoms. The molecule has 1 aromatic rings. The number of rotatable bonds is 0. The summed E-state index contributed by atoms with van der Waals surface area (Å²) >= 11 is 3.51. The second-order valence-electron chi connectivity index (χ2n) is 7.39. The van der Waals surface area contributed by atoms with E-state index < -0.39 is 0 Å². The van der Waals surface area contributed by atoms with Gasteiger partial charge in [0.25, 0.3) is 0 Å². The van der Waals surface area contributed by atoms with E-state index in [4.69, 9.17) is 4.74 Å². The van der Waals surface area contributed by atoms with E-state index in [1.165, 1.54) is 38.5 Å². The molecule has 3 aliphatic rings. The molecule has 3 heteroatoms. The summed E-state index contributed by atoms with van der Waals surface area (Å²) in [5.74, 6) is 0.880. The fourth-order valence-corrected chi connectivity index (χ4v) is 5.12. The van der Waals surface area contributed by atoms with Crippen LogP contribution in [0.2, 0.25) is 0 Å². The van der Waals surface area contributed by atoms with E-state index in [2.05, 4.69) is 15.9 Å². The van der Waals surface area contributed by atoms with Crippen molar-refractivity contribution in [1.29, 1.82) is 0 Å². The Morgan fingerprint density at radius 1 is 1.05 bits per heavy atom. The Bertz CT molecular complexity index is 538. The van der Waals surface area contributed by atoms with E-state index in [1.807, 2.05) is 18.2 Å². The Hall–Kier alpha value is -0.540. The number of ether oxygens (including phenoxy) is 1. The lowest BCUT2D eigenvalue weighted by Crippen LogP contribution is -2.46. The number of halogens is 1. The first kappa shape index (κ1) is 14.1. The van der Waals surface area contributed by atoms with Crippen molar-refractivity contribution in [2.24, 2.45) is 5.41 Å². The molecule has 2 nitrogen and oxygen atoms in total. The van der Waals surface area contributed by atoms with Crippen LogP contribution in [0.3, 0.4) is 0 Å². The summed E-state index contributed by atoms with van der Waals surface area (Å²) in [7, 11) is 0. The summed E-state index contributed by atoms with van der Waals surface area (Å²) < 4.78 is 7.45. The number of hydrogen-bond acceptors (Lipinski definition) is 2. The van der Waals surface area contributed by atoms with Gasteiger partial charge < -0.3 is 9.84 Å². The van der Waals surface area contributed by atoms with Crippen molar-refractivity contribution in [1.82, 2.24) is 0 Å². The van der Waals surface area contributed by atoms with E-state index in [1.54, 1.807) is 0 Å². The molecule has 0 radical (unpaired) electrons. The summed E-state index contributed by atoms with van der Waals surface area (Å²) in [5.41, 5.74) is 1.43. The molecule has 114 valence electrons. The van der Waals surface area contributed by atoms with Crippen molar-refractivity contribution in [2.75, 3.05) is 0 Å². The molecule has 1 heterocycles. The minimum atomic E-state index is -0.375. The maximum atomic E-state index is 10.5. The van der Waals surface area contributed by atoms with Crippen molar-refractivity contribution < 1.29 is 9.84 Å². The van der Waals surface area contributed by atoms with Crippen molar-refractivity contribution in [3.63, 3.8) is 0 Å². The highest BCUT2D eigenvalue weighted by Gasteiger charge is 2.48. The summed E-state index contributed by atoms with van der Waals surface area (Å²) in [6.07, 6.45) is 10.8. The van der Waals surface area contributed by atoms with Crippen LogP contribution < -0.4 is 4.74 Å². The topological polar surface area (TPSA) is 29.5 Å². The maximum absolute atomic E-state index is 10.5. The first-order valence-electron chi connectivity index (χ1n) is 8.27. The lowest BCUT2D eigenvalue weighted by atomic mass is 9.65. The monoisotopic (exact) mass is 350 g/mol. The Morgan fingerprint density at radius 2 is 1.76 bits per heavy atom. The van der Waals surface area contributed by atoms with Crippen molar-refractivity contribution in [2.45, 2.75) is 69.5 Å². The van der Waals surface area contributed by atoms with E-state index in [-0.39, 0.29) is 11.7 Å². The standard InChI is InChI=1S/C18H23BrO2/c19-13-3-4-14-15(20)12-18(21-16(14)11-13)9-7-17(8-10-18)5-1-2-6-17/h3-4,11,15,20H,1-2,5-10,12H2/t15-/m0/s1. The first-order valence-corrected chi connectivity index (χ1v) is 9.06. The summed E-state index contributed by atoms with van der Waals surface area (Å²) in [6.45, 7) is 0. The van der Waals surface area contributed by atoms with E-state index in [9.17, 15) is 5.11 Å². The molecule has 0 saturated heterocycles. The van der Waals surface area contributed by atoms with E-state index in [0.29, 0.717) is 5.41 Å². The Kier molecular flexibility index (Phi) is 3.34. The Balaban J connectivity index is 1.57. The molecule has 0 aromatic heterocycles. The number of hydrogen-bond donors (Lipinski definition) is 1. The van der Waals surface area contributed by atoms with Crippen LogP contribution in [0, 0.1) is 5.41 Å². The molecular formula is C18H23BrO2. The molecule has 1 aromatic carbocycles. The fourth-order valence-electron chi connectivity index (χ4n) is 4.78. The van der Waals surface area contributed by atoms with Crippen LogP contribution in [-0.2, 0) is 0 Å². The molecule has 0 amide bonds. The van der Waals surface area contributed by atoms with Gasteiger partial charge in [-0.2, -0.15) is 0 Å². The molecule has 0 unspecified atom stereocenters. The summed E-state index contributed by atoms with van der Waals surface area (Å²) in [6, 6.07) is 5.98. The average molecular weight is 351 g/mol. The molecule has 2 fully saturated rings. The zero-order valence-corrected chi connectivity index (χ0v) is 14.0. The van der Waals surface area contributed by atoms with Gasteiger partial charge in [0.2, 0.25) is 0 Å². The summed E-state index contributed by atoms with van der Waals surface area (Å²) in [5, 5.41) is 10.5. The summed E-state index contributed by atoms with van der Waals surface area (Å²) in [4.78, 5) is 0. The largest absolute Gasteiger partial charge is 0.487 e. The predicted molar refractivity (Wildman–Crippen MR) is 86.4 cm³/mol. The van der Waals surface area contributed by atoms with Gasteiger partial charge in [0.15, 0.2) is 0 Å². The molecule has 1 aliphatic heterocycles. The molecule has 0 bridgehead atoms. The SMILES string of the molecule is O[C@H]1CC2(CCC3(CCCC3)CC2)Oc2cc(Br)ccc21. The molecule has 2 aliphatic carbocycles. The van der Waals surface area contributed by atoms with Crippen molar-refractivity contribution in [3.05, 3.63) is 28.2 Å². The highest BCUT2D eigenvalue weighted by molar-refractivity contribution is 9.10. The quantitative estimate of drug-likeness (QED) is 0.701. The van der Waals surface area contributed by atoms with Crippen LogP contribution in [0.15, 0.2) is 22.7 Å². The van der Waals surface area contributed by atoms with Crippen LogP contribution in [-0.4, -0.2) is 10.7 Å². The molecule has 1 N–H and O–H groups in total. The highest BCUT2D eigenvalue weighted by atomic mass is 79.9. The average Bonchev–Trinajstić information content (AvgIpc) is 2.91. The van der Waals surface area contributed by atoms with E-state index in [0.717, 1.165) is 35.0 Å². The van der Waals surface area contributed by atoms with Crippen LogP contribution in [0.1, 0.15) is 69.5 Å². The lowest BCUT2D eigenvalue weighted by Gasteiger charge is -2.48. The maximum Gasteiger partial charge on any atom is 0.127 e. The Labute approximate surface area is 135 Å². The first-order chi connectivity index (χ1) is 10.1. The van der Waals surface area contributed by atoms with Gasteiger partial charge in [-0.25, -0.2) is 0 Å². The zero-order chi connectivity index (χ0) is 14.5. The second-order valence-corrected chi connectivity index (χ2v) is 8.31. The van der Waals surface area contributed by atoms with Crippen LogP contribution in [0.4, 0.5) is 0 Å². The lowest BCUT2D eigenvalue weighted by molar-refractivity contribution is -0.0622. The van der Waals surface area contributed by atoms with Gasteiger partial charge in [-0.05, 0) is 56.1 Å². The third kappa shape index (κ3) is 2.43.